The minimum Gasteiger partial charge on any atom is -0.495 e. The highest BCUT2D eigenvalue weighted by atomic mass is 79.9. The lowest BCUT2D eigenvalue weighted by Crippen LogP contribution is -2.29. The number of imide groups is 1. The van der Waals surface area contributed by atoms with Gasteiger partial charge in [0.05, 0.1) is 23.9 Å². The second-order valence-corrected chi connectivity index (χ2v) is 5.22. The highest BCUT2D eigenvalue weighted by Crippen LogP contribution is 2.35. The number of hydrogen-bond acceptors (Lipinski definition) is 3. The number of halogens is 1. The van der Waals surface area contributed by atoms with Gasteiger partial charge in [-0.15, -0.1) is 0 Å². The standard InChI is InChI=1S/C15H10BrNO3/c1-20-13-5-3-2-4-12(13)17-14(18)10-7-6-9(16)8-11(10)15(17)19/h2-8H,1H3. The van der Waals surface area contributed by atoms with Crippen LogP contribution in [0.5, 0.6) is 5.75 Å². The van der Waals surface area contributed by atoms with Crippen molar-refractivity contribution >= 4 is 33.4 Å². The van der Waals surface area contributed by atoms with Crippen molar-refractivity contribution in [2.45, 2.75) is 0 Å². The maximum atomic E-state index is 12.5. The summed E-state index contributed by atoms with van der Waals surface area (Å²) in [6.45, 7) is 0. The first-order valence-corrected chi connectivity index (χ1v) is 6.74. The van der Waals surface area contributed by atoms with Crippen molar-refractivity contribution in [3.05, 3.63) is 58.1 Å². The Kier molecular flexibility index (Phi) is 3.06. The number of hydrogen-bond donors (Lipinski definition) is 0. The van der Waals surface area contributed by atoms with Crippen LogP contribution in [0.2, 0.25) is 0 Å². The SMILES string of the molecule is COc1ccccc1N1C(=O)c2ccc(Br)cc2C1=O. The van der Waals surface area contributed by atoms with Gasteiger partial charge in [-0.25, -0.2) is 4.90 Å². The fourth-order valence-corrected chi connectivity index (χ4v) is 2.61. The molecule has 2 aromatic rings. The molecule has 5 heteroatoms. The van der Waals surface area contributed by atoms with Gasteiger partial charge in [-0.1, -0.05) is 28.1 Å². The van der Waals surface area contributed by atoms with Crippen LogP contribution in [-0.2, 0) is 0 Å². The summed E-state index contributed by atoms with van der Waals surface area (Å²) in [5.41, 5.74) is 1.26. The summed E-state index contributed by atoms with van der Waals surface area (Å²) in [5.74, 6) is -0.182. The van der Waals surface area contributed by atoms with E-state index in [2.05, 4.69) is 15.9 Å². The molecule has 0 spiro atoms. The molecular weight excluding hydrogens is 322 g/mol. The van der Waals surface area contributed by atoms with Crippen LogP contribution in [-0.4, -0.2) is 18.9 Å². The Labute approximate surface area is 124 Å². The fourth-order valence-electron chi connectivity index (χ4n) is 2.25. The maximum Gasteiger partial charge on any atom is 0.266 e. The lowest BCUT2D eigenvalue weighted by molar-refractivity contribution is 0.0925. The van der Waals surface area contributed by atoms with E-state index in [0.29, 0.717) is 22.6 Å². The molecule has 4 nitrogen and oxygen atoms in total. The predicted octanol–water partition coefficient (Wildman–Crippen LogP) is 3.26. The van der Waals surface area contributed by atoms with E-state index in [1.54, 1.807) is 42.5 Å². The van der Waals surface area contributed by atoms with Crippen molar-refractivity contribution in [1.82, 2.24) is 0 Å². The van der Waals surface area contributed by atoms with Crippen molar-refractivity contribution in [2.24, 2.45) is 0 Å². The number of carbonyl (C=O) groups excluding carboxylic acids is 2. The van der Waals surface area contributed by atoms with E-state index in [0.717, 1.165) is 9.37 Å². The van der Waals surface area contributed by atoms with Gasteiger partial charge >= 0.3 is 0 Å². The molecule has 1 aliphatic heterocycles. The molecule has 0 N–H and O–H groups in total. The van der Waals surface area contributed by atoms with Crippen molar-refractivity contribution in [2.75, 3.05) is 12.0 Å². The third kappa shape index (κ3) is 1.82. The number of anilines is 1. The van der Waals surface area contributed by atoms with Crippen molar-refractivity contribution < 1.29 is 14.3 Å². The van der Waals surface area contributed by atoms with Crippen LogP contribution in [0, 0.1) is 0 Å². The molecule has 2 amide bonds. The normalized spacial score (nSPS) is 13.6. The average molecular weight is 332 g/mol. The Balaban J connectivity index is 2.14. The first kappa shape index (κ1) is 12.9. The lowest BCUT2D eigenvalue weighted by Gasteiger charge is -2.16. The third-order valence-electron chi connectivity index (χ3n) is 3.17. The first-order valence-electron chi connectivity index (χ1n) is 5.95. The van der Waals surface area contributed by atoms with Gasteiger partial charge < -0.3 is 4.74 Å². The number of benzene rings is 2. The Hall–Kier alpha value is -2.14. The van der Waals surface area contributed by atoms with Gasteiger partial charge in [0, 0.05) is 4.47 Å². The van der Waals surface area contributed by atoms with Gasteiger partial charge in [-0.2, -0.15) is 0 Å². The van der Waals surface area contributed by atoms with Crippen LogP contribution >= 0.6 is 15.9 Å². The summed E-state index contributed by atoms with van der Waals surface area (Å²) >= 11 is 3.31. The van der Waals surface area contributed by atoms with Gasteiger partial charge in [0.2, 0.25) is 0 Å². The van der Waals surface area contributed by atoms with Gasteiger partial charge in [-0.3, -0.25) is 9.59 Å². The molecule has 100 valence electrons. The summed E-state index contributed by atoms with van der Waals surface area (Å²) in [6, 6.07) is 12.0. The molecule has 0 radical (unpaired) electrons. The Morgan fingerprint density at radius 3 is 2.45 bits per heavy atom. The number of ether oxygens (including phenoxy) is 1. The zero-order valence-corrected chi connectivity index (χ0v) is 12.2. The minimum absolute atomic E-state index is 0.331. The van der Waals surface area contributed by atoms with Crippen molar-refractivity contribution in [3.8, 4) is 5.75 Å². The van der Waals surface area contributed by atoms with Crippen LogP contribution < -0.4 is 9.64 Å². The summed E-state index contributed by atoms with van der Waals surface area (Å²) < 4.78 is 5.98. The zero-order valence-electron chi connectivity index (χ0n) is 10.6. The molecule has 1 aliphatic rings. The number of amides is 2. The molecule has 1 heterocycles. The number of para-hydroxylation sites is 2. The number of fused-ring (bicyclic) bond motifs is 1. The van der Waals surface area contributed by atoms with E-state index in [-0.39, 0.29) is 11.8 Å². The van der Waals surface area contributed by atoms with Gasteiger partial charge in [0.1, 0.15) is 5.75 Å². The Morgan fingerprint density at radius 2 is 1.70 bits per heavy atom. The molecule has 0 unspecified atom stereocenters. The maximum absolute atomic E-state index is 12.5. The van der Waals surface area contributed by atoms with E-state index in [9.17, 15) is 9.59 Å². The quantitative estimate of drug-likeness (QED) is 0.793. The largest absolute Gasteiger partial charge is 0.495 e. The zero-order chi connectivity index (χ0) is 14.3. The van der Waals surface area contributed by atoms with E-state index in [4.69, 9.17) is 4.74 Å². The van der Waals surface area contributed by atoms with Crippen molar-refractivity contribution in [3.63, 3.8) is 0 Å². The topological polar surface area (TPSA) is 46.6 Å². The second-order valence-electron chi connectivity index (χ2n) is 4.31. The third-order valence-corrected chi connectivity index (χ3v) is 3.67. The van der Waals surface area contributed by atoms with Crippen LogP contribution in [0.4, 0.5) is 5.69 Å². The molecular formula is C15H10BrNO3. The van der Waals surface area contributed by atoms with Gasteiger partial charge in [0.15, 0.2) is 0 Å². The van der Waals surface area contributed by atoms with Gasteiger partial charge in [0.25, 0.3) is 11.8 Å². The lowest BCUT2D eigenvalue weighted by atomic mass is 10.1. The number of rotatable bonds is 2. The molecule has 0 aromatic heterocycles. The summed E-state index contributed by atoms with van der Waals surface area (Å²) in [7, 11) is 1.51. The summed E-state index contributed by atoms with van der Waals surface area (Å²) in [5, 5.41) is 0. The molecule has 0 bridgehead atoms. The first-order chi connectivity index (χ1) is 9.63. The van der Waals surface area contributed by atoms with Crippen LogP contribution in [0.25, 0.3) is 0 Å². The molecule has 0 saturated heterocycles. The minimum atomic E-state index is -0.337. The summed E-state index contributed by atoms with van der Waals surface area (Å²) in [6.07, 6.45) is 0. The molecule has 20 heavy (non-hydrogen) atoms. The Morgan fingerprint density at radius 1 is 1.00 bits per heavy atom. The van der Waals surface area contributed by atoms with Crippen LogP contribution in [0.3, 0.4) is 0 Å². The van der Waals surface area contributed by atoms with Crippen molar-refractivity contribution in [1.29, 1.82) is 0 Å². The summed E-state index contributed by atoms with van der Waals surface area (Å²) in [4.78, 5) is 26.0. The van der Waals surface area contributed by atoms with E-state index < -0.39 is 0 Å². The van der Waals surface area contributed by atoms with E-state index in [1.165, 1.54) is 7.11 Å². The van der Waals surface area contributed by atoms with Gasteiger partial charge in [-0.05, 0) is 30.3 Å². The highest BCUT2D eigenvalue weighted by Gasteiger charge is 2.37. The van der Waals surface area contributed by atoms with Crippen LogP contribution in [0.15, 0.2) is 46.9 Å². The smallest absolute Gasteiger partial charge is 0.266 e. The second kappa shape index (κ2) is 4.76. The number of methoxy groups -OCH3 is 1. The molecule has 3 rings (SSSR count). The molecule has 0 atom stereocenters. The molecule has 2 aromatic carbocycles. The van der Waals surface area contributed by atoms with E-state index >= 15 is 0 Å². The number of carbonyl (C=O) groups is 2. The average Bonchev–Trinajstić information content (AvgIpc) is 2.70. The highest BCUT2D eigenvalue weighted by molar-refractivity contribution is 9.10. The number of nitrogens with zero attached hydrogens (tertiary/aromatic N) is 1. The van der Waals surface area contributed by atoms with Crippen LogP contribution in [0.1, 0.15) is 20.7 Å². The predicted molar refractivity (Wildman–Crippen MR) is 78.3 cm³/mol. The molecule has 0 saturated carbocycles. The monoisotopic (exact) mass is 331 g/mol. The van der Waals surface area contributed by atoms with E-state index in [1.807, 2.05) is 0 Å². The molecule has 0 aliphatic carbocycles. The Bertz CT molecular complexity index is 727. The fraction of sp³-hybridized carbons (Fsp3) is 0.0667. The molecule has 0 fully saturated rings.